The maximum absolute atomic E-state index is 12.7. The van der Waals surface area contributed by atoms with Crippen molar-refractivity contribution in [1.82, 2.24) is 9.80 Å². The molecular formula is C19H26N2O4. The maximum atomic E-state index is 12.7. The highest BCUT2D eigenvalue weighted by Crippen LogP contribution is 2.26. The summed E-state index contributed by atoms with van der Waals surface area (Å²) in [4.78, 5) is 28.0. The van der Waals surface area contributed by atoms with Gasteiger partial charge in [0, 0.05) is 26.2 Å². The average molecular weight is 346 g/mol. The Labute approximate surface area is 148 Å². The van der Waals surface area contributed by atoms with Crippen LogP contribution in [0.5, 0.6) is 5.75 Å². The average Bonchev–Trinajstić information content (AvgIpc) is 2.88. The van der Waals surface area contributed by atoms with Crippen molar-refractivity contribution < 1.29 is 19.1 Å². The Hall–Kier alpha value is -2.24. The molecule has 2 amide bonds. The standard InChI is InChI=1S/C19H26N2O4/c1-2-24-19(23)21-9-4-8-20(10-11-21)18(22)14-15-6-7-17-16(13-15)5-3-12-25-17/h6-7,13H,2-5,8-12,14H2,1H3. The minimum Gasteiger partial charge on any atom is -0.493 e. The Morgan fingerprint density at radius 3 is 2.76 bits per heavy atom. The number of amides is 2. The smallest absolute Gasteiger partial charge is 0.409 e. The summed E-state index contributed by atoms with van der Waals surface area (Å²) >= 11 is 0. The van der Waals surface area contributed by atoms with Crippen molar-refractivity contribution >= 4 is 12.0 Å². The van der Waals surface area contributed by atoms with Crippen molar-refractivity contribution in [1.29, 1.82) is 0 Å². The number of aryl methyl sites for hydroxylation is 1. The van der Waals surface area contributed by atoms with Gasteiger partial charge in [-0.3, -0.25) is 4.79 Å². The highest BCUT2D eigenvalue weighted by Gasteiger charge is 2.23. The molecule has 0 aliphatic carbocycles. The van der Waals surface area contributed by atoms with Gasteiger partial charge in [0.25, 0.3) is 0 Å². The molecule has 0 radical (unpaired) electrons. The van der Waals surface area contributed by atoms with Gasteiger partial charge in [-0.25, -0.2) is 4.79 Å². The van der Waals surface area contributed by atoms with E-state index in [0.29, 0.717) is 39.2 Å². The molecule has 1 aromatic rings. The van der Waals surface area contributed by atoms with Crippen molar-refractivity contribution in [2.75, 3.05) is 39.4 Å². The summed E-state index contributed by atoms with van der Waals surface area (Å²) in [6.07, 6.45) is 2.93. The summed E-state index contributed by atoms with van der Waals surface area (Å²) in [6, 6.07) is 6.04. The molecule has 2 aliphatic rings. The molecule has 1 saturated heterocycles. The van der Waals surface area contributed by atoms with Crippen molar-refractivity contribution in [3.63, 3.8) is 0 Å². The van der Waals surface area contributed by atoms with E-state index in [9.17, 15) is 9.59 Å². The second-order valence-electron chi connectivity index (χ2n) is 6.49. The van der Waals surface area contributed by atoms with Gasteiger partial charge in [0.15, 0.2) is 0 Å². The topological polar surface area (TPSA) is 59.1 Å². The van der Waals surface area contributed by atoms with Crippen LogP contribution in [0.2, 0.25) is 0 Å². The molecule has 136 valence electrons. The van der Waals surface area contributed by atoms with Gasteiger partial charge in [0.2, 0.25) is 5.91 Å². The van der Waals surface area contributed by atoms with Crippen molar-refractivity contribution in [3.05, 3.63) is 29.3 Å². The van der Waals surface area contributed by atoms with E-state index < -0.39 is 0 Å². The third-order valence-corrected chi connectivity index (χ3v) is 4.70. The van der Waals surface area contributed by atoms with E-state index in [2.05, 4.69) is 6.07 Å². The van der Waals surface area contributed by atoms with E-state index in [1.54, 1.807) is 11.8 Å². The normalized spacial score (nSPS) is 17.3. The van der Waals surface area contributed by atoms with E-state index >= 15 is 0 Å². The second kappa shape index (κ2) is 8.23. The first-order valence-electron chi connectivity index (χ1n) is 9.11. The van der Waals surface area contributed by atoms with Crippen molar-refractivity contribution in [3.8, 4) is 5.75 Å². The molecule has 6 nitrogen and oxygen atoms in total. The Balaban J connectivity index is 1.57. The number of carbonyl (C=O) groups excluding carboxylic acids is 2. The van der Waals surface area contributed by atoms with Gasteiger partial charge >= 0.3 is 6.09 Å². The summed E-state index contributed by atoms with van der Waals surface area (Å²) in [5.41, 5.74) is 2.22. The van der Waals surface area contributed by atoms with Gasteiger partial charge in [-0.2, -0.15) is 0 Å². The zero-order valence-corrected chi connectivity index (χ0v) is 14.8. The lowest BCUT2D eigenvalue weighted by Gasteiger charge is -2.22. The minimum absolute atomic E-state index is 0.113. The molecule has 0 N–H and O–H groups in total. The summed E-state index contributed by atoms with van der Waals surface area (Å²) in [5, 5.41) is 0. The first-order chi connectivity index (χ1) is 12.2. The molecule has 0 unspecified atom stereocenters. The SMILES string of the molecule is CCOC(=O)N1CCCN(C(=O)Cc2ccc3c(c2)CCCO3)CC1. The van der Waals surface area contributed by atoms with Crippen LogP contribution in [0.1, 0.15) is 30.9 Å². The fraction of sp³-hybridized carbons (Fsp3) is 0.579. The van der Waals surface area contributed by atoms with E-state index in [0.717, 1.165) is 37.2 Å². The van der Waals surface area contributed by atoms with E-state index in [1.807, 2.05) is 17.0 Å². The van der Waals surface area contributed by atoms with Crippen molar-refractivity contribution in [2.45, 2.75) is 32.6 Å². The predicted octanol–water partition coefficient (Wildman–Crippen LogP) is 2.24. The Bertz CT molecular complexity index is 632. The summed E-state index contributed by atoms with van der Waals surface area (Å²) < 4.78 is 10.7. The van der Waals surface area contributed by atoms with Gasteiger partial charge in [0.1, 0.15) is 5.75 Å². The summed E-state index contributed by atoms with van der Waals surface area (Å²) in [6.45, 7) is 5.36. The fourth-order valence-electron chi connectivity index (χ4n) is 3.37. The maximum Gasteiger partial charge on any atom is 0.409 e. The number of rotatable bonds is 3. The van der Waals surface area contributed by atoms with Gasteiger partial charge in [-0.1, -0.05) is 12.1 Å². The monoisotopic (exact) mass is 346 g/mol. The van der Waals surface area contributed by atoms with Crippen LogP contribution in [0, 0.1) is 0 Å². The third-order valence-electron chi connectivity index (χ3n) is 4.70. The molecule has 1 aromatic carbocycles. The molecule has 2 aliphatic heterocycles. The van der Waals surface area contributed by atoms with Crippen molar-refractivity contribution in [2.24, 2.45) is 0 Å². The molecule has 0 aromatic heterocycles. The third kappa shape index (κ3) is 4.44. The zero-order valence-electron chi connectivity index (χ0n) is 14.8. The van der Waals surface area contributed by atoms with Crippen LogP contribution < -0.4 is 4.74 Å². The molecule has 0 saturated carbocycles. The first-order valence-corrected chi connectivity index (χ1v) is 9.11. The number of fused-ring (bicyclic) bond motifs is 1. The summed E-state index contributed by atoms with van der Waals surface area (Å²) in [7, 11) is 0. The Morgan fingerprint density at radius 2 is 1.92 bits per heavy atom. The molecule has 3 rings (SSSR count). The molecule has 1 fully saturated rings. The molecular weight excluding hydrogens is 320 g/mol. The van der Waals surface area contributed by atoms with Gasteiger partial charge in [0.05, 0.1) is 19.6 Å². The molecule has 0 atom stereocenters. The minimum atomic E-state index is -0.286. The molecule has 6 heteroatoms. The number of benzene rings is 1. The van der Waals surface area contributed by atoms with E-state index in [4.69, 9.17) is 9.47 Å². The number of carbonyl (C=O) groups is 2. The zero-order chi connectivity index (χ0) is 17.6. The van der Waals surface area contributed by atoms with Crippen LogP contribution in [-0.4, -0.2) is 61.2 Å². The van der Waals surface area contributed by atoms with Crippen LogP contribution in [0.15, 0.2) is 18.2 Å². The Kier molecular flexibility index (Phi) is 5.79. The lowest BCUT2D eigenvalue weighted by atomic mass is 10.0. The van der Waals surface area contributed by atoms with Crippen LogP contribution in [0.3, 0.4) is 0 Å². The van der Waals surface area contributed by atoms with Gasteiger partial charge < -0.3 is 19.3 Å². The number of hydrogen-bond donors (Lipinski definition) is 0. The quantitative estimate of drug-likeness (QED) is 0.842. The van der Waals surface area contributed by atoms with Crippen LogP contribution in [0.25, 0.3) is 0 Å². The predicted molar refractivity (Wildman–Crippen MR) is 93.8 cm³/mol. The number of hydrogen-bond acceptors (Lipinski definition) is 4. The van der Waals surface area contributed by atoms with Gasteiger partial charge in [-0.05, 0) is 43.4 Å². The van der Waals surface area contributed by atoms with E-state index in [1.165, 1.54) is 5.56 Å². The van der Waals surface area contributed by atoms with E-state index in [-0.39, 0.29) is 12.0 Å². The fourth-order valence-corrected chi connectivity index (χ4v) is 3.37. The second-order valence-corrected chi connectivity index (χ2v) is 6.49. The lowest BCUT2D eigenvalue weighted by molar-refractivity contribution is -0.130. The molecule has 2 heterocycles. The van der Waals surface area contributed by atoms with Crippen LogP contribution in [-0.2, 0) is 22.4 Å². The number of ether oxygens (including phenoxy) is 2. The molecule has 25 heavy (non-hydrogen) atoms. The number of nitrogens with zero attached hydrogens (tertiary/aromatic N) is 2. The highest BCUT2D eigenvalue weighted by molar-refractivity contribution is 5.79. The molecule has 0 bridgehead atoms. The molecule has 0 spiro atoms. The highest BCUT2D eigenvalue weighted by atomic mass is 16.6. The lowest BCUT2D eigenvalue weighted by Crippen LogP contribution is -2.38. The summed E-state index contributed by atoms with van der Waals surface area (Å²) in [5.74, 6) is 1.06. The van der Waals surface area contributed by atoms with Gasteiger partial charge in [-0.15, -0.1) is 0 Å². The Morgan fingerprint density at radius 1 is 1.12 bits per heavy atom. The largest absolute Gasteiger partial charge is 0.493 e. The van der Waals surface area contributed by atoms with Crippen LogP contribution in [0.4, 0.5) is 4.79 Å². The van der Waals surface area contributed by atoms with Crippen LogP contribution >= 0.6 is 0 Å². The first kappa shape index (κ1) is 17.6.